The van der Waals surface area contributed by atoms with E-state index in [2.05, 4.69) is 26.9 Å². The molecule has 2 aromatic heterocycles. The monoisotopic (exact) mass is 422 g/mol. The van der Waals surface area contributed by atoms with Crippen molar-refractivity contribution in [1.82, 2.24) is 4.98 Å². The van der Waals surface area contributed by atoms with E-state index >= 15 is 0 Å². The highest BCUT2D eigenvalue weighted by molar-refractivity contribution is 7.98. The first kappa shape index (κ1) is 20.1. The predicted molar refractivity (Wildman–Crippen MR) is 114 cm³/mol. The number of nitrogens with two attached hydrogens (primary N) is 1. The molecule has 154 valence electrons. The first-order chi connectivity index (χ1) is 14.6. The number of hydrogen-bond acceptors (Lipinski definition) is 8. The second-order valence-electron chi connectivity index (χ2n) is 7.54. The highest BCUT2D eigenvalue weighted by Gasteiger charge is 2.26. The van der Waals surface area contributed by atoms with Crippen molar-refractivity contribution < 1.29 is 9.94 Å². The minimum Gasteiger partial charge on any atom is -0.382 e. The number of nitrogen functional groups attached to an aromatic ring is 1. The molecule has 0 aliphatic carbocycles. The van der Waals surface area contributed by atoms with Crippen LogP contribution in [0.1, 0.15) is 42.4 Å². The number of thioether (sulfide) groups is 1. The molecule has 0 atom stereocenters. The minimum atomic E-state index is 0.155. The molecule has 4 rings (SSSR count). The smallest absolute Gasteiger partial charge is 0.315 e. The summed E-state index contributed by atoms with van der Waals surface area (Å²) in [6.07, 6.45) is 6.03. The molecule has 0 spiro atoms. The summed E-state index contributed by atoms with van der Waals surface area (Å²) < 4.78 is 1.17. The molecule has 0 amide bonds. The lowest BCUT2D eigenvalue weighted by atomic mass is 10.1. The van der Waals surface area contributed by atoms with Gasteiger partial charge in [-0.15, -0.1) is 11.8 Å². The molecule has 2 fully saturated rings. The first-order valence-corrected chi connectivity index (χ1v) is 11.1. The third kappa shape index (κ3) is 3.81. The van der Waals surface area contributed by atoms with Gasteiger partial charge >= 0.3 is 5.82 Å². The zero-order valence-electron chi connectivity index (χ0n) is 16.7. The van der Waals surface area contributed by atoms with Gasteiger partial charge in [-0.3, -0.25) is 4.90 Å². The normalized spacial score (nSPS) is 15.9. The zero-order chi connectivity index (χ0) is 21.1. The second kappa shape index (κ2) is 8.68. The van der Waals surface area contributed by atoms with Crippen molar-refractivity contribution in [2.75, 3.05) is 41.7 Å². The number of anilines is 3. The molecule has 0 radical (unpaired) electrons. The fourth-order valence-corrected chi connectivity index (χ4v) is 5.02. The van der Waals surface area contributed by atoms with Crippen molar-refractivity contribution in [3.63, 3.8) is 0 Å². The van der Waals surface area contributed by atoms with Gasteiger partial charge in [0.1, 0.15) is 40.3 Å². The Labute approximate surface area is 180 Å². The van der Waals surface area contributed by atoms with Gasteiger partial charge < -0.3 is 15.8 Å². The predicted octanol–water partition coefficient (Wildman–Crippen LogP) is 2.42. The van der Waals surface area contributed by atoms with Crippen LogP contribution in [0, 0.1) is 22.7 Å². The molecule has 2 aliphatic rings. The average molecular weight is 423 g/mol. The standard InChI is InChI=1S/C21H24N7OS/c22-11-16-19(27-9-3-4-10-27)17(12-23)21(25-20(16)24)30-14-15-5-6-18(28(29)13-15)26-7-1-2-8-26/h5-6,13,29H,1-4,7-10,14H2,(H2,24,25)/q+1. The molecule has 2 aromatic rings. The Morgan fingerprint density at radius 1 is 1.03 bits per heavy atom. The molecule has 4 heterocycles. The van der Waals surface area contributed by atoms with E-state index in [-0.39, 0.29) is 11.4 Å². The topological polar surface area (TPSA) is 117 Å². The molecule has 0 saturated carbocycles. The minimum absolute atomic E-state index is 0.155. The Kier molecular flexibility index (Phi) is 5.82. The Hall–Kier alpha value is -3.17. The van der Waals surface area contributed by atoms with Gasteiger partial charge in [0, 0.05) is 30.5 Å². The number of pyridine rings is 2. The highest BCUT2D eigenvalue weighted by atomic mass is 32.2. The highest BCUT2D eigenvalue weighted by Crippen LogP contribution is 2.37. The van der Waals surface area contributed by atoms with Gasteiger partial charge in [-0.2, -0.15) is 10.5 Å². The van der Waals surface area contributed by atoms with Gasteiger partial charge in [-0.05, 0) is 31.7 Å². The van der Waals surface area contributed by atoms with Crippen molar-refractivity contribution >= 4 is 29.1 Å². The maximum Gasteiger partial charge on any atom is 0.315 e. The van der Waals surface area contributed by atoms with Crippen LogP contribution in [-0.4, -0.2) is 36.4 Å². The van der Waals surface area contributed by atoms with E-state index in [0.717, 1.165) is 63.2 Å². The maximum absolute atomic E-state index is 10.4. The summed E-state index contributed by atoms with van der Waals surface area (Å²) in [5.74, 6) is 1.46. The molecule has 3 N–H and O–H groups in total. The Morgan fingerprint density at radius 3 is 2.27 bits per heavy atom. The lowest BCUT2D eigenvalue weighted by molar-refractivity contribution is -0.894. The number of nitrogens with zero attached hydrogens (tertiary/aromatic N) is 6. The Bertz CT molecular complexity index is 1030. The number of nitriles is 2. The van der Waals surface area contributed by atoms with Gasteiger partial charge in [-0.1, -0.05) is 4.73 Å². The molecule has 0 aromatic carbocycles. The van der Waals surface area contributed by atoms with Crippen LogP contribution < -0.4 is 20.3 Å². The van der Waals surface area contributed by atoms with Crippen LogP contribution in [0.5, 0.6) is 0 Å². The SMILES string of the molecule is N#Cc1c(N)nc(SCc2ccc(N3CCCC3)[n+](O)c2)c(C#N)c1N1CCCC1. The third-order valence-electron chi connectivity index (χ3n) is 5.59. The molecule has 2 saturated heterocycles. The van der Waals surface area contributed by atoms with Crippen LogP contribution in [0.25, 0.3) is 0 Å². The summed E-state index contributed by atoms with van der Waals surface area (Å²) in [5, 5.41) is 30.3. The summed E-state index contributed by atoms with van der Waals surface area (Å²) in [7, 11) is 0. The van der Waals surface area contributed by atoms with Crippen LogP contribution in [0.4, 0.5) is 17.3 Å². The first-order valence-electron chi connectivity index (χ1n) is 10.1. The largest absolute Gasteiger partial charge is 0.382 e. The number of hydrogen-bond donors (Lipinski definition) is 2. The summed E-state index contributed by atoms with van der Waals surface area (Å²) in [4.78, 5) is 8.58. The number of rotatable bonds is 5. The summed E-state index contributed by atoms with van der Waals surface area (Å²) in [6.45, 7) is 3.51. The van der Waals surface area contributed by atoms with E-state index in [4.69, 9.17) is 5.73 Å². The van der Waals surface area contributed by atoms with E-state index in [1.807, 2.05) is 12.1 Å². The van der Waals surface area contributed by atoms with Gasteiger partial charge in [0.15, 0.2) is 0 Å². The summed E-state index contributed by atoms with van der Waals surface area (Å²) >= 11 is 1.39. The van der Waals surface area contributed by atoms with Crippen molar-refractivity contribution in [1.29, 1.82) is 10.5 Å². The maximum atomic E-state index is 10.4. The summed E-state index contributed by atoms with van der Waals surface area (Å²) in [5.41, 5.74) is 8.26. The fraction of sp³-hybridized carbons (Fsp3) is 0.429. The molecule has 8 nitrogen and oxygen atoms in total. The third-order valence-corrected chi connectivity index (χ3v) is 6.63. The average Bonchev–Trinajstić information content (AvgIpc) is 3.46. The molecule has 0 bridgehead atoms. The molecule has 30 heavy (non-hydrogen) atoms. The van der Waals surface area contributed by atoms with Gasteiger partial charge in [0.25, 0.3) is 0 Å². The number of aromatic nitrogens is 2. The lowest BCUT2D eigenvalue weighted by Crippen LogP contribution is -2.39. The lowest BCUT2D eigenvalue weighted by Gasteiger charge is -2.22. The molecular weight excluding hydrogens is 398 g/mol. The molecule has 0 unspecified atom stereocenters. The van der Waals surface area contributed by atoms with Crippen molar-refractivity contribution in [3.05, 3.63) is 35.0 Å². The molecule has 2 aliphatic heterocycles. The fourth-order valence-electron chi connectivity index (χ4n) is 4.10. The molecule has 9 heteroatoms. The Balaban J connectivity index is 1.60. The zero-order valence-corrected chi connectivity index (χ0v) is 17.5. The van der Waals surface area contributed by atoms with Crippen molar-refractivity contribution in [2.24, 2.45) is 0 Å². The van der Waals surface area contributed by atoms with Crippen LogP contribution >= 0.6 is 11.8 Å². The quantitative estimate of drug-likeness (QED) is 0.429. The van der Waals surface area contributed by atoms with Crippen molar-refractivity contribution in [3.8, 4) is 12.1 Å². The van der Waals surface area contributed by atoms with Crippen molar-refractivity contribution in [2.45, 2.75) is 36.5 Å². The van der Waals surface area contributed by atoms with Gasteiger partial charge in [0.2, 0.25) is 0 Å². The summed E-state index contributed by atoms with van der Waals surface area (Å²) in [6, 6.07) is 8.27. The Morgan fingerprint density at radius 2 is 1.67 bits per heavy atom. The van der Waals surface area contributed by atoms with Gasteiger partial charge in [0.05, 0.1) is 18.8 Å². The van der Waals surface area contributed by atoms with Crippen LogP contribution in [0.3, 0.4) is 0 Å². The molecular formula is C21H24N7OS+. The van der Waals surface area contributed by atoms with Crippen LogP contribution in [-0.2, 0) is 5.75 Å². The van der Waals surface area contributed by atoms with E-state index in [1.165, 1.54) is 16.5 Å². The second-order valence-corrected chi connectivity index (χ2v) is 8.51. The van der Waals surface area contributed by atoms with E-state index in [0.29, 0.717) is 22.0 Å². The van der Waals surface area contributed by atoms with Gasteiger partial charge in [-0.25, -0.2) is 4.98 Å². The van der Waals surface area contributed by atoms with Crippen LogP contribution in [0.2, 0.25) is 0 Å². The van der Waals surface area contributed by atoms with E-state index < -0.39 is 0 Å². The van der Waals surface area contributed by atoms with Crippen LogP contribution in [0.15, 0.2) is 23.4 Å². The van der Waals surface area contributed by atoms with E-state index in [1.54, 1.807) is 6.20 Å². The van der Waals surface area contributed by atoms with E-state index in [9.17, 15) is 15.7 Å².